The molecule has 0 saturated carbocycles. The molecule has 1 unspecified atom stereocenters. The molecule has 1 atom stereocenters. The van der Waals surface area contributed by atoms with Gasteiger partial charge in [-0.1, -0.05) is 30.9 Å². The number of hydrogen-bond acceptors (Lipinski definition) is 6. The molecular weight excluding hydrogens is 350 g/mol. The standard InChI is InChI=1S/C15H15N3O2S3/c1-2-12-14(20)18(15(21)23-12)8-7-13(19)17-10-3-5-11(6-4-10)22-9-16/h3-6,12H,2,7-8H2,1H3,(H,17,19). The fourth-order valence-corrected chi connectivity index (χ4v) is 3.91. The van der Waals surface area contributed by atoms with Crippen molar-refractivity contribution in [2.75, 3.05) is 11.9 Å². The summed E-state index contributed by atoms with van der Waals surface area (Å²) in [4.78, 5) is 26.4. The van der Waals surface area contributed by atoms with Crippen molar-refractivity contribution in [2.24, 2.45) is 0 Å². The van der Waals surface area contributed by atoms with E-state index in [1.165, 1.54) is 16.7 Å². The number of anilines is 1. The van der Waals surface area contributed by atoms with E-state index in [4.69, 9.17) is 17.5 Å². The average Bonchev–Trinajstić information content (AvgIpc) is 2.81. The number of hydrogen-bond donors (Lipinski definition) is 1. The Hall–Kier alpha value is -1.56. The number of nitrogens with one attached hydrogen (secondary N) is 1. The van der Waals surface area contributed by atoms with E-state index < -0.39 is 0 Å². The van der Waals surface area contributed by atoms with Gasteiger partial charge in [-0.25, -0.2) is 0 Å². The van der Waals surface area contributed by atoms with Gasteiger partial charge in [-0.3, -0.25) is 14.5 Å². The molecule has 1 fully saturated rings. The summed E-state index contributed by atoms with van der Waals surface area (Å²) in [5.41, 5.74) is 0.661. The monoisotopic (exact) mass is 365 g/mol. The molecule has 2 amide bonds. The van der Waals surface area contributed by atoms with Crippen molar-refractivity contribution in [2.45, 2.75) is 29.9 Å². The minimum Gasteiger partial charge on any atom is -0.326 e. The summed E-state index contributed by atoms with van der Waals surface area (Å²) in [7, 11) is 0. The summed E-state index contributed by atoms with van der Waals surface area (Å²) in [5.74, 6) is -0.181. The van der Waals surface area contributed by atoms with Crippen molar-refractivity contribution >= 4 is 57.6 Å². The molecule has 1 saturated heterocycles. The third-order valence-electron chi connectivity index (χ3n) is 3.24. The van der Waals surface area contributed by atoms with Gasteiger partial charge in [0.2, 0.25) is 11.8 Å². The molecule has 0 bridgehead atoms. The maximum atomic E-state index is 12.1. The van der Waals surface area contributed by atoms with Crippen LogP contribution in [-0.2, 0) is 9.59 Å². The number of thioether (sulfide) groups is 2. The molecule has 120 valence electrons. The Kier molecular flexibility index (Phi) is 6.45. The van der Waals surface area contributed by atoms with Crippen LogP contribution in [0.4, 0.5) is 5.69 Å². The molecule has 0 aromatic heterocycles. The highest BCUT2D eigenvalue weighted by Crippen LogP contribution is 2.29. The van der Waals surface area contributed by atoms with E-state index in [0.717, 1.165) is 23.1 Å². The number of carbonyl (C=O) groups excluding carboxylic acids is 2. The summed E-state index contributed by atoms with van der Waals surface area (Å²) in [6.45, 7) is 2.25. The van der Waals surface area contributed by atoms with Gasteiger partial charge < -0.3 is 5.32 Å². The second kappa shape index (κ2) is 8.34. The number of carbonyl (C=O) groups is 2. The highest BCUT2D eigenvalue weighted by atomic mass is 32.2. The molecule has 1 N–H and O–H groups in total. The van der Waals surface area contributed by atoms with Gasteiger partial charge in [-0.15, -0.1) is 0 Å². The smallest absolute Gasteiger partial charge is 0.241 e. The Morgan fingerprint density at radius 1 is 1.48 bits per heavy atom. The van der Waals surface area contributed by atoms with Crippen molar-refractivity contribution in [1.29, 1.82) is 5.26 Å². The van der Waals surface area contributed by atoms with Gasteiger partial charge in [-0.2, -0.15) is 5.26 Å². The second-order valence-corrected chi connectivity index (χ2v) is 7.48. The third-order valence-corrected chi connectivity index (χ3v) is 5.59. The van der Waals surface area contributed by atoms with Crippen LogP contribution in [0.3, 0.4) is 0 Å². The molecular formula is C15H15N3O2S3. The lowest BCUT2D eigenvalue weighted by Gasteiger charge is -2.15. The SMILES string of the molecule is CCC1SC(=S)N(CCC(=O)Nc2ccc(SC#N)cc2)C1=O. The second-order valence-electron chi connectivity index (χ2n) is 4.79. The van der Waals surface area contributed by atoms with Crippen LogP contribution in [0, 0.1) is 10.7 Å². The third kappa shape index (κ3) is 4.70. The molecule has 1 heterocycles. The first-order valence-electron chi connectivity index (χ1n) is 7.03. The molecule has 1 aromatic carbocycles. The molecule has 2 rings (SSSR count). The van der Waals surface area contributed by atoms with Crippen LogP contribution in [0.2, 0.25) is 0 Å². The summed E-state index contributed by atoms with van der Waals surface area (Å²) < 4.78 is 0.549. The van der Waals surface area contributed by atoms with E-state index >= 15 is 0 Å². The van der Waals surface area contributed by atoms with Crippen molar-refractivity contribution in [1.82, 2.24) is 4.90 Å². The zero-order valence-electron chi connectivity index (χ0n) is 12.4. The maximum Gasteiger partial charge on any atom is 0.241 e. The van der Waals surface area contributed by atoms with Gasteiger partial charge in [-0.05, 0) is 42.4 Å². The quantitative estimate of drug-likeness (QED) is 0.474. The number of nitriles is 1. The van der Waals surface area contributed by atoms with E-state index in [1.807, 2.05) is 12.3 Å². The van der Waals surface area contributed by atoms with E-state index in [9.17, 15) is 9.59 Å². The van der Waals surface area contributed by atoms with Gasteiger partial charge >= 0.3 is 0 Å². The molecule has 1 aliphatic rings. The van der Waals surface area contributed by atoms with Crippen LogP contribution in [0.1, 0.15) is 19.8 Å². The summed E-state index contributed by atoms with van der Waals surface area (Å²) in [6, 6.07) is 7.02. The Labute approximate surface area is 148 Å². The molecule has 1 aliphatic heterocycles. The number of rotatable bonds is 6. The van der Waals surface area contributed by atoms with Crippen LogP contribution in [0.25, 0.3) is 0 Å². The maximum absolute atomic E-state index is 12.1. The van der Waals surface area contributed by atoms with Crippen molar-refractivity contribution in [3.05, 3.63) is 24.3 Å². The molecule has 5 nitrogen and oxygen atoms in total. The predicted octanol–water partition coefficient (Wildman–Crippen LogP) is 3.23. The first-order chi connectivity index (χ1) is 11.0. The summed E-state index contributed by atoms with van der Waals surface area (Å²) in [6.07, 6.45) is 0.928. The lowest BCUT2D eigenvalue weighted by Crippen LogP contribution is -2.33. The van der Waals surface area contributed by atoms with Gasteiger partial charge in [0, 0.05) is 23.5 Å². The molecule has 0 spiro atoms. The number of thiocyanates is 1. The molecule has 1 aromatic rings. The van der Waals surface area contributed by atoms with Crippen molar-refractivity contribution in [3.63, 3.8) is 0 Å². The Morgan fingerprint density at radius 3 is 2.74 bits per heavy atom. The van der Waals surface area contributed by atoms with Crippen LogP contribution in [-0.4, -0.2) is 32.8 Å². The Bertz CT molecular complexity index is 655. The first-order valence-corrected chi connectivity index (χ1v) is 9.13. The van der Waals surface area contributed by atoms with Crippen molar-refractivity contribution in [3.8, 4) is 5.40 Å². The minimum atomic E-state index is -0.175. The van der Waals surface area contributed by atoms with Gasteiger partial charge in [0.1, 0.15) is 9.72 Å². The number of thiocarbonyl (C=S) groups is 1. The predicted molar refractivity (Wildman–Crippen MR) is 97.1 cm³/mol. The van der Waals surface area contributed by atoms with E-state index in [2.05, 4.69) is 5.32 Å². The topological polar surface area (TPSA) is 73.2 Å². The molecule has 0 radical (unpaired) electrons. The highest BCUT2D eigenvalue weighted by Gasteiger charge is 2.35. The lowest BCUT2D eigenvalue weighted by atomic mass is 10.2. The van der Waals surface area contributed by atoms with Crippen LogP contribution >= 0.6 is 35.7 Å². The normalized spacial score (nSPS) is 17.2. The van der Waals surface area contributed by atoms with Crippen LogP contribution in [0.5, 0.6) is 0 Å². The average molecular weight is 366 g/mol. The first kappa shape index (κ1) is 17.8. The largest absolute Gasteiger partial charge is 0.326 e. The fourth-order valence-electron chi connectivity index (χ4n) is 2.05. The number of amides is 2. The van der Waals surface area contributed by atoms with E-state index in [0.29, 0.717) is 16.6 Å². The Morgan fingerprint density at radius 2 is 2.17 bits per heavy atom. The van der Waals surface area contributed by atoms with Gasteiger partial charge in [0.25, 0.3) is 0 Å². The fraction of sp³-hybridized carbons (Fsp3) is 0.333. The zero-order chi connectivity index (χ0) is 16.8. The minimum absolute atomic E-state index is 0.00631. The molecule has 0 aliphatic carbocycles. The molecule has 8 heteroatoms. The zero-order valence-corrected chi connectivity index (χ0v) is 14.9. The highest BCUT2D eigenvalue weighted by molar-refractivity contribution is 8.24. The number of benzene rings is 1. The molecule has 23 heavy (non-hydrogen) atoms. The van der Waals surface area contributed by atoms with Crippen LogP contribution < -0.4 is 5.32 Å². The van der Waals surface area contributed by atoms with E-state index in [-0.39, 0.29) is 23.5 Å². The van der Waals surface area contributed by atoms with E-state index in [1.54, 1.807) is 24.3 Å². The number of nitrogens with zero attached hydrogens (tertiary/aromatic N) is 2. The van der Waals surface area contributed by atoms with Gasteiger partial charge in [0.15, 0.2) is 0 Å². The van der Waals surface area contributed by atoms with Gasteiger partial charge in [0.05, 0.1) is 5.25 Å². The summed E-state index contributed by atoms with van der Waals surface area (Å²) in [5, 5.41) is 13.2. The van der Waals surface area contributed by atoms with Crippen molar-refractivity contribution < 1.29 is 9.59 Å². The summed E-state index contributed by atoms with van der Waals surface area (Å²) >= 11 is 7.65. The van der Waals surface area contributed by atoms with Crippen LogP contribution in [0.15, 0.2) is 29.2 Å². The Balaban J connectivity index is 1.84. The lowest BCUT2D eigenvalue weighted by molar-refractivity contribution is -0.126.